The van der Waals surface area contributed by atoms with Gasteiger partial charge in [0, 0.05) is 17.3 Å². The number of carbonyl (C=O) groups excluding carboxylic acids is 2. The molecule has 0 fully saturated rings. The molecule has 0 aliphatic heterocycles. The highest BCUT2D eigenvalue weighted by atomic mass is 16.6. The third-order valence-electron chi connectivity index (χ3n) is 4.91. The molecule has 33 heavy (non-hydrogen) atoms. The molecule has 176 valence electrons. The predicted octanol–water partition coefficient (Wildman–Crippen LogP) is 4.61. The number of aliphatic carboxylic acids is 1. The molecule has 0 radical (unpaired) electrons. The number of amides is 1. The summed E-state index contributed by atoms with van der Waals surface area (Å²) in [5, 5.41) is 20.3. The van der Waals surface area contributed by atoms with Gasteiger partial charge in [-0.3, -0.25) is 10.1 Å². The highest BCUT2D eigenvalue weighted by Gasteiger charge is 2.23. The molecule has 2 atom stereocenters. The van der Waals surface area contributed by atoms with Crippen molar-refractivity contribution in [1.29, 1.82) is 0 Å². The number of ketones is 1. The first-order valence-corrected chi connectivity index (χ1v) is 10.6. The van der Waals surface area contributed by atoms with Crippen LogP contribution >= 0.6 is 0 Å². The summed E-state index contributed by atoms with van der Waals surface area (Å²) in [7, 11) is 0. The zero-order valence-electron chi connectivity index (χ0n) is 18.7. The Balaban J connectivity index is 2.12. The number of anilines is 1. The van der Waals surface area contributed by atoms with E-state index in [9.17, 15) is 14.4 Å². The lowest BCUT2D eigenvalue weighted by Crippen LogP contribution is -2.22. The normalized spacial score (nSPS) is 12.7. The number of hydrogen-bond donors (Lipinski definition) is 3. The highest BCUT2D eigenvalue weighted by Crippen LogP contribution is 2.31. The fourth-order valence-electron chi connectivity index (χ4n) is 3.18. The number of aliphatic hydroxyl groups is 1. The lowest BCUT2D eigenvalue weighted by molar-refractivity contribution is -0.131. The zero-order valence-corrected chi connectivity index (χ0v) is 18.7. The smallest absolute Gasteiger partial charge is 0.412 e. The largest absolute Gasteiger partial charge is 0.491 e. The minimum atomic E-state index is -1.01. The van der Waals surface area contributed by atoms with Crippen molar-refractivity contribution in [2.24, 2.45) is 5.92 Å². The Morgan fingerprint density at radius 2 is 1.73 bits per heavy atom. The van der Waals surface area contributed by atoms with Gasteiger partial charge >= 0.3 is 12.1 Å². The number of carboxylic acids is 1. The molecule has 0 aliphatic rings. The van der Waals surface area contributed by atoms with E-state index in [2.05, 4.69) is 5.32 Å². The average Bonchev–Trinajstić information content (AvgIpc) is 2.79. The number of aliphatic hydroxyl groups excluding tert-OH is 1. The summed E-state index contributed by atoms with van der Waals surface area (Å²) in [6, 6.07) is 13.5. The number of benzene rings is 2. The first-order valence-electron chi connectivity index (χ1n) is 10.6. The molecule has 0 aromatic heterocycles. The third kappa shape index (κ3) is 8.78. The van der Waals surface area contributed by atoms with E-state index in [1.54, 1.807) is 54.6 Å². The first kappa shape index (κ1) is 25.6. The Kier molecular flexibility index (Phi) is 10.1. The Morgan fingerprint density at radius 3 is 2.30 bits per heavy atom. The molecule has 0 bridgehead atoms. The van der Waals surface area contributed by atoms with E-state index in [4.69, 9.17) is 19.7 Å². The van der Waals surface area contributed by atoms with Crippen molar-refractivity contribution in [1.82, 2.24) is 0 Å². The van der Waals surface area contributed by atoms with Crippen LogP contribution in [0.3, 0.4) is 0 Å². The molecule has 8 heteroatoms. The monoisotopic (exact) mass is 455 g/mol. The van der Waals surface area contributed by atoms with Crippen molar-refractivity contribution in [3.8, 4) is 5.75 Å². The topological polar surface area (TPSA) is 122 Å². The first-order chi connectivity index (χ1) is 15.8. The minimum Gasteiger partial charge on any atom is -0.491 e. The lowest BCUT2D eigenvalue weighted by Gasteiger charge is -2.25. The van der Waals surface area contributed by atoms with E-state index in [1.807, 2.05) is 6.92 Å². The van der Waals surface area contributed by atoms with Crippen molar-refractivity contribution < 1.29 is 34.1 Å². The number of carboxylic acid groups (broad SMARTS) is 1. The van der Waals surface area contributed by atoms with Crippen LogP contribution in [0, 0.1) is 5.92 Å². The molecular formula is C25H29NO7. The van der Waals surface area contributed by atoms with Crippen LogP contribution in [0.15, 0.2) is 60.7 Å². The maximum atomic E-state index is 12.6. The minimum absolute atomic E-state index is 0.0682. The number of allylic oxidation sites excluding steroid dienone is 1. The number of ether oxygens (including phenoxy) is 2. The number of Topliss-reactive ketones (excluding diaryl/α,β-unsaturated/α-hetero) is 1. The number of rotatable bonds is 12. The maximum absolute atomic E-state index is 12.6. The van der Waals surface area contributed by atoms with Crippen LogP contribution in [-0.2, 0) is 9.53 Å². The van der Waals surface area contributed by atoms with Crippen molar-refractivity contribution in [2.45, 2.75) is 32.8 Å². The van der Waals surface area contributed by atoms with Gasteiger partial charge in [0.05, 0.1) is 6.61 Å². The van der Waals surface area contributed by atoms with E-state index in [0.29, 0.717) is 29.8 Å². The van der Waals surface area contributed by atoms with E-state index in [1.165, 1.54) is 6.92 Å². The van der Waals surface area contributed by atoms with Gasteiger partial charge in [-0.25, -0.2) is 9.59 Å². The van der Waals surface area contributed by atoms with E-state index < -0.39 is 18.2 Å². The maximum Gasteiger partial charge on any atom is 0.412 e. The molecule has 0 spiro atoms. The van der Waals surface area contributed by atoms with Gasteiger partial charge in [-0.2, -0.15) is 0 Å². The highest BCUT2D eigenvalue weighted by molar-refractivity contribution is 5.95. The molecule has 0 saturated carbocycles. The Bertz CT molecular complexity index is 952. The molecule has 3 N–H and O–H groups in total. The number of carbonyl (C=O) groups is 3. The van der Waals surface area contributed by atoms with Gasteiger partial charge in [-0.1, -0.05) is 25.1 Å². The van der Waals surface area contributed by atoms with Crippen LogP contribution in [0.4, 0.5) is 10.5 Å². The lowest BCUT2D eigenvalue weighted by atomic mass is 9.93. The predicted molar refractivity (Wildman–Crippen MR) is 123 cm³/mol. The van der Waals surface area contributed by atoms with Crippen molar-refractivity contribution in [3.63, 3.8) is 0 Å². The Morgan fingerprint density at radius 1 is 1.06 bits per heavy atom. The van der Waals surface area contributed by atoms with Gasteiger partial charge < -0.3 is 19.7 Å². The van der Waals surface area contributed by atoms with Gasteiger partial charge in [0.2, 0.25) is 0 Å². The summed E-state index contributed by atoms with van der Waals surface area (Å²) in [5.74, 6) is -0.609. The fraction of sp³-hybridized carbons (Fsp3) is 0.320. The van der Waals surface area contributed by atoms with Crippen molar-refractivity contribution in [3.05, 3.63) is 71.8 Å². The Labute approximate surface area is 192 Å². The second kappa shape index (κ2) is 13.0. The summed E-state index contributed by atoms with van der Waals surface area (Å²) in [6.07, 6.45) is 2.53. The molecule has 0 saturated heterocycles. The van der Waals surface area contributed by atoms with Crippen LogP contribution in [0.25, 0.3) is 0 Å². The quantitative estimate of drug-likeness (QED) is 0.316. The molecule has 0 aliphatic carbocycles. The molecule has 8 nitrogen and oxygen atoms in total. The Hall–Kier alpha value is -3.65. The summed E-state index contributed by atoms with van der Waals surface area (Å²) >= 11 is 0. The van der Waals surface area contributed by atoms with Crippen molar-refractivity contribution >= 4 is 23.5 Å². The fourth-order valence-corrected chi connectivity index (χ4v) is 3.18. The average molecular weight is 456 g/mol. The van der Waals surface area contributed by atoms with E-state index in [-0.39, 0.29) is 24.9 Å². The molecule has 2 rings (SSSR count). The van der Waals surface area contributed by atoms with Gasteiger partial charge in [0.25, 0.3) is 0 Å². The SMILES string of the molecule is CC(=O)c1ccc(NC(=O)O[C@H](c2ccc(OCCO)cc2)[C@H](C)CC/C=C/C(=O)O)cc1. The van der Waals surface area contributed by atoms with Crippen LogP contribution in [-0.4, -0.2) is 41.3 Å². The molecule has 2 aromatic rings. The van der Waals surface area contributed by atoms with Gasteiger partial charge in [-0.15, -0.1) is 0 Å². The number of hydrogen-bond acceptors (Lipinski definition) is 6. The summed E-state index contributed by atoms with van der Waals surface area (Å²) in [6.45, 7) is 3.47. The second-order valence-electron chi connectivity index (χ2n) is 7.52. The molecule has 1 amide bonds. The summed E-state index contributed by atoms with van der Waals surface area (Å²) in [5.41, 5.74) is 1.79. The van der Waals surface area contributed by atoms with Crippen molar-refractivity contribution in [2.75, 3.05) is 18.5 Å². The van der Waals surface area contributed by atoms with Gasteiger partial charge in [0.15, 0.2) is 5.78 Å². The molecule has 0 unspecified atom stereocenters. The third-order valence-corrected chi connectivity index (χ3v) is 4.91. The van der Waals surface area contributed by atoms with Crippen LogP contribution in [0.5, 0.6) is 5.75 Å². The van der Waals surface area contributed by atoms with Crippen LogP contribution in [0.1, 0.15) is 48.7 Å². The van der Waals surface area contributed by atoms with Gasteiger partial charge in [-0.05, 0) is 67.6 Å². The summed E-state index contributed by atoms with van der Waals surface area (Å²) in [4.78, 5) is 34.7. The van der Waals surface area contributed by atoms with E-state index in [0.717, 1.165) is 11.6 Å². The second-order valence-corrected chi connectivity index (χ2v) is 7.52. The number of nitrogens with one attached hydrogen (secondary N) is 1. The molecule has 2 aromatic carbocycles. The van der Waals surface area contributed by atoms with Crippen LogP contribution in [0.2, 0.25) is 0 Å². The summed E-state index contributed by atoms with van der Waals surface area (Å²) < 4.78 is 11.1. The van der Waals surface area contributed by atoms with Gasteiger partial charge in [0.1, 0.15) is 18.5 Å². The zero-order chi connectivity index (χ0) is 24.2. The van der Waals surface area contributed by atoms with Crippen LogP contribution < -0.4 is 10.1 Å². The molecule has 0 heterocycles. The standard InChI is InChI=1S/C25H29NO7/c1-17(5-3-4-6-23(29)30)24(20-9-13-22(14-10-20)32-16-15-27)33-25(31)26-21-11-7-19(8-12-21)18(2)28/h4,6-14,17,24,27H,3,5,15-16H2,1-2H3,(H,26,31)(H,29,30)/b6-4+/t17-,24+/m1/s1. The van der Waals surface area contributed by atoms with E-state index >= 15 is 0 Å². The molecular weight excluding hydrogens is 426 g/mol.